The molecule has 124 valence electrons. The SMILES string of the molecule is CC(CCc1ccccc1)NC(=O)CSc1nc2ccccc2s1. The van der Waals surface area contributed by atoms with E-state index in [0.717, 1.165) is 27.4 Å². The molecule has 1 aromatic heterocycles. The summed E-state index contributed by atoms with van der Waals surface area (Å²) in [6.45, 7) is 2.06. The molecule has 0 aliphatic rings. The van der Waals surface area contributed by atoms with E-state index in [-0.39, 0.29) is 11.9 Å². The number of para-hydroxylation sites is 1. The molecule has 0 bridgehead atoms. The average molecular weight is 357 g/mol. The van der Waals surface area contributed by atoms with Crippen molar-refractivity contribution in [2.45, 2.75) is 30.1 Å². The van der Waals surface area contributed by atoms with Gasteiger partial charge in [0.05, 0.1) is 16.0 Å². The number of benzene rings is 2. The summed E-state index contributed by atoms with van der Waals surface area (Å²) in [5, 5.41) is 3.07. The third-order valence-electron chi connectivity index (χ3n) is 3.72. The van der Waals surface area contributed by atoms with Crippen LogP contribution in [0.5, 0.6) is 0 Å². The fraction of sp³-hybridized carbons (Fsp3) is 0.263. The Morgan fingerprint density at radius 2 is 1.92 bits per heavy atom. The molecule has 5 heteroatoms. The monoisotopic (exact) mass is 356 g/mol. The van der Waals surface area contributed by atoms with E-state index in [0.29, 0.717) is 5.75 Å². The zero-order valence-electron chi connectivity index (χ0n) is 13.6. The molecule has 3 rings (SSSR count). The summed E-state index contributed by atoms with van der Waals surface area (Å²) in [4.78, 5) is 16.6. The number of carbonyl (C=O) groups excluding carboxylic acids is 1. The topological polar surface area (TPSA) is 42.0 Å². The number of rotatable bonds is 7. The van der Waals surface area contributed by atoms with Crippen LogP contribution in [-0.4, -0.2) is 22.7 Å². The standard InChI is InChI=1S/C19H20N2OS2/c1-14(11-12-15-7-3-2-4-8-15)20-18(22)13-23-19-21-16-9-5-6-10-17(16)24-19/h2-10,14H,11-13H2,1H3,(H,20,22). The molecule has 24 heavy (non-hydrogen) atoms. The number of hydrogen-bond acceptors (Lipinski definition) is 4. The number of fused-ring (bicyclic) bond motifs is 1. The van der Waals surface area contributed by atoms with Gasteiger partial charge in [-0.05, 0) is 37.5 Å². The van der Waals surface area contributed by atoms with Gasteiger partial charge in [0.2, 0.25) is 5.91 Å². The van der Waals surface area contributed by atoms with Gasteiger partial charge in [0, 0.05) is 6.04 Å². The molecule has 1 atom stereocenters. The molecule has 0 spiro atoms. The molecule has 1 heterocycles. The highest BCUT2D eigenvalue weighted by molar-refractivity contribution is 8.01. The lowest BCUT2D eigenvalue weighted by molar-refractivity contribution is -0.119. The van der Waals surface area contributed by atoms with Crippen LogP contribution in [0.1, 0.15) is 18.9 Å². The molecular weight excluding hydrogens is 336 g/mol. The highest BCUT2D eigenvalue weighted by atomic mass is 32.2. The first-order valence-electron chi connectivity index (χ1n) is 8.02. The lowest BCUT2D eigenvalue weighted by atomic mass is 10.1. The lowest BCUT2D eigenvalue weighted by Gasteiger charge is -2.13. The molecular formula is C19H20N2OS2. The minimum absolute atomic E-state index is 0.0693. The Balaban J connectivity index is 1.43. The third-order valence-corrected chi connectivity index (χ3v) is 5.90. The summed E-state index contributed by atoms with van der Waals surface area (Å²) in [7, 11) is 0. The second-order valence-electron chi connectivity index (χ2n) is 5.73. The van der Waals surface area contributed by atoms with Crippen molar-refractivity contribution in [3.8, 4) is 0 Å². The second kappa shape index (κ2) is 8.31. The summed E-state index contributed by atoms with van der Waals surface area (Å²) in [5.41, 5.74) is 2.31. The zero-order chi connectivity index (χ0) is 16.8. The number of hydrogen-bond donors (Lipinski definition) is 1. The van der Waals surface area contributed by atoms with Gasteiger partial charge in [-0.15, -0.1) is 11.3 Å². The summed E-state index contributed by atoms with van der Waals surface area (Å²) >= 11 is 3.14. The number of aromatic nitrogens is 1. The molecule has 3 nitrogen and oxygen atoms in total. The van der Waals surface area contributed by atoms with E-state index < -0.39 is 0 Å². The first kappa shape index (κ1) is 17.0. The van der Waals surface area contributed by atoms with Gasteiger partial charge in [-0.2, -0.15) is 0 Å². The van der Waals surface area contributed by atoms with Gasteiger partial charge in [-0.3, -0.25) is 4.79 Å². The highest BCUT2D eigenvalue weighted by Gasteiger charge is 2.10. The van der Waals surface area contributed by atoms with Gasteiger partial charge in [-0.25, -0.2) is 4.98 Å². The van der Waals surface area contributed by atoms with E-state index in [2.05, 4.69) is 35.4 Å². The molecule has 0 saturated carbocycles. The van der Waals surface area contributed by atoms with E-state index in [4.69, 9.17) is 0 Å². The van der Waals surface area contributed by atoms with Gasteiger partial charge in [0.1, 0.15) is 0 Å². The van der Waals surface area contributed by atoms with Crippen molar-refractivity contribution in [3.63, 3.8) is 0 Å². The number of amides is 1. The van der Waals surface area contributed by atoms with Crippen molar-refractivity contribution < 1.29 is 4.79 Å². The maximum atomic E-state index is 12.1. The fourth-order valence-corrected chi connectivity index (χ4v) is 4.34. The minimum Gasteiger partial charge on any atom is -0.353 e. The molecule has 1 unspecified atom stereocenters. The number of carbonyl (C=O) groups is 1. The predicted octanol–water partition coefficient (Wildman–Crippen LogP) is 4.53. The normalized spacial score (nSPS) is 12.2. The smallest absolute Gasteiger partial charge is 0.230 e. The third kappa shape index (κ3) is 4.82. The maximum absolute atomic E-state index is 12.1. The second-order valence-corrected chi connectivity index (χ2v) is 7.98. The quantitative estimate of drug-likeness (QED) is 0.633. The van der Waals surface area contributed by atoms with Crippen LogP contribution < -0.4 is 5.32 Å². The van der Waals surface area contributed by atoms with Crippen molar-refractivity contribution in [1.29, 1.82) is 0 Å². The van der Waals surface area contributed by atoms with Crippen LogP contribution in [0.4, 0.5) is 0 Å². The number of nitrogens with one attached hydrogen (secondary N) is 1. The minimum atomic E-state index is 0.0693. The Morgan fingerprint density at radius 1 is 1.17 bits per heavy atom. The molecule has 0 aliphatic heterocycles. The average Bonchev–Trinajstić information content (AvgIpc) is 3.02. The molecule has 0 radical (unpaired) electrons. The predicted molar refractivity (Wildman–Crippen MR) is 103 cm³/mol. The van der Waals surface area contributed by atoms with Crippen molar-refractivity contribution in [3.05, 3.63) is 60.2 Å². The Hall–Kier alpha value is -1.85. The van der Waals surface area contributed by atoms with Crippen molar-refractivity contribution in [2.24, 2.45) is 0 Å². The van der Waals surface area contributed by atoms with Gasteiger partial charge in [0.25, 0.3) is 0 Å². The van der Waals surface area contributed by atoms with E-state index in [9.17, 15) is 4.79 Å². The van der Waals surface area contributed by atoms with Gasteiger partial charge < -0.3 is 5.32 Å². The number of thioether (sulfide) groups is 1. The van der Waals surface area contributed by atoms with Crippen LogP contribution >= 0.6 is 23.1 Å². The summed E-state index contributed by atoms with van der Waals surface area (Å²) in [6.07, 6.45) is 1.93. The van der Waals surface area contributed by atoms with Crippen LogP contribution in [0, 0.1) is 0 Å². The van der Waals surface area contributed by atoms with Gasteiger partial charge in [0.15, 0.2) is 4.34 Å². The van der Waals surface area contributed by atoms with Crippen LogP contribution in [0.2, 0.25) is 0 Å². The van der Waals surface area contributed by atoms with Crippen LogP contribution in [0.15, 0.2) is 58.9 Å². The Kier molecular flexibility index (Phi) is 5.88. The fourth-order valence-electron chi connectivity index (χ4n) is 2.46. The molecule has 0 saturated heterocycles. The summed E-state index contributed by atoms with van der Waals surface area (Å²) in [5.74, 6) is 0.481. The molecule has 0 fully saturated rings. The lowest BCUT2D eigenvalue weighted by Crippen LogP contribution is -2.34. The molecule has 2 aromatic carbocycles. The van der Waals surface area contributed by atoms with Crippen LogP contribution in [0.3, 0.4) is 0 Å². The van der Waals surface area contributed by atoms with Gasteiger partial charge in [-0.1, -0.05) is 54.2 Å². The van der Waals surface area contributed by atoms with E-state index in [1.165, 1.54) is 17.3 Å². The highest BCUT2D eigenvalue weighted by Crippen LogP contribution is 2.29. The Morgan fingerprint density at radius 3 is 2.71 bits per heavy atom. The summed E-state index contributed by atoms with van der Waals surface area (Å²) in [6, 6.07) is 18.6. The van der Waals surface area contributed by atoms with E-state index in [1.54, 1.807) is 11.3 Å². The van der Waals surface area contributed by atoms with E-state index in [1.807, 2.05) is 36.4 Å². The first-order chi connectivity index (χ1) is 11.7. The number of nitrogens with zero attached hydrogens (tertiary/aromatic N) is 1. The Bertz CT molecular complexity index is 768. The van der Waals surface area contributed by atoms with Gasteiger partial charge >= 0.3 is 0 Å². The van der Waals surface area contributed by atoms with Crippen molar-refractivity contribution in [2.75, 3.05) is 5.75 Å². The maximum Gasteiger partial charge on any atom is 0.230 e. The van der Waals surface area contributed by atoms with Crippen molar-refractivity contribution in [1.82, 2.24) is 10.3 Å². The largest absolute Gasteiger partial charge is 0.353 e. The molecule has 1 amide bonds. The molecule has 3 aromatic rings. The van der Waals surface area contributed by atoms with E-state index >= 15 is 0 Å². The Labute approximate surface area is 150 Å². The zero-order valence-corrected chi connectivity index (χ0v) is 15.2. The molecule has 1 N–H and O–H groups in total. The first-order valence-corrected chi connectivity index (χ1v) is 9.82. The number of thiazole rings is 1. The van der Waals surface area contributed by atoms with Crippen LogP contribution in [0.25, 0.3) is 10.2 Å². The molecule has 0 aliphatic carbocycles. The summed E-state index contributed by atoms with van der Waals surface area (Å²) < 4.78 is 2.11. The van der Waals surface area contributed by atoms with Crippen LogP contribution in [-0.2, 0) is 11.2 Å². The number of aryl methyl sites for hydroxylation is 1. The van der Waals surface area contributed by atoms with Crippen molar-refractivity contribution >= 4 is 39.2 Å².